The summed E-state index contributed by atoms with van der Waals surface area (Å²) in [6.45, 7) is 3.41. The van der Waals surface area contributed by atoms with Crippen molar-refractivity contribution in [1.82, 2.24) is 14.9 Å². The average Bonchev–Trinajstić information content (AvgIpc) is 2.99. The Morgan fingerprint density at radius 2 is 1.67 bits per heavy atom. The van der Waals surface area contributed by atoms with Crippen LogP contribution in [0.15, 0.2) is 18.3 Å². The number of amides is 2. The van der Waals surface area contributed by atoms with Crippen LogP contribution in [0.5, 0.6) is 0 Å². The summed E-state index contributed by atoms with van der Waals surface area (Å²) in [5.74, 6) is 0.227. The molecule has 0 aromatic carbocycles. The van der Waals surface area contributed by atoms with Crippen LogP contribution in [-0.4, -0.2) is 33.2 Å². The fraction of sp³-hybridized carbons (Fsp3) is 0.520. The molecule has 4 saturated carbocycles. The minimum absolute atomic E-state index is 0.0738. The van der Waals surface area contributed by atoms with E-state index in [9.17, 15) is 18.8 Å². The smallest absolute Gasteiger partial charge is 0.294 e. The lowest BCUT2D eigenvalue weighted by Gasteiger charge is -2.54. The number of rotatable bonds is 5. The zero-order valence-corrected chi connectivity index (χ0v) is 19.2. The number of halogens is 1. The van der Waals surface area contributed by atoms with Crippen molar-refractivity contribution in [3.05, 3.63) is 46.8 Å². The summed E-state index contributed by atoms with van der Waals surface area (Å²) in [6.07, 6.45) is 7.15. The van der Waals surface area contributed by atoms with Crippen LogP contribution in [0.2, 0.25) is 0 Å². The largest absolute Gasteiger partial charge is 0.346 e. The SMILES string of the molecule is Cc1c(C(=O)Nc2ccc(F)nc2)c(C)n(C)c1C(=O)C(=O)NC1C2CC3CC(C2)CC1C3. The topological polar surface area (TPSA) is 93.1 Å². The molecule has 4 aliphatic rings. The Morgan fingerprint density at radius 1 is 1.03 bits per heavy atom. The Kier molecular flexibility index (Phi) is 5.34. The molecule has 2 heterocycles. The fourth-order valence-corrected chi connectivity index (χ4v) is 6.76. The van der Waals surface area contributed by atoms with E-state index in [1.54, 1.807) is 25.5 Å². The molecule has 33 heavy (non-hydrogen) atoms. The van der Waals surface area contributed by atoms with Crippen LogP contribution in [0, 0.1) is 43.5 Å². The van der Waals surface area contributed by atoms with Crippen molar-refractivity contribution in [3.8, 4) is 0 Å². The second-order valence-electron chi connectivity index (χ2n) is 10.1. The predicted octanol–water partition coefficient (Wildman–Crippen LogP) is 3.55. The number of pyridine rings is 1. The molecule has 7 nitrogen and oxygen atoms in total. The molecule has 0 unspecified atom stereocenters. The molecule has 2 aromatic heterocycles. The molecule has 4 aliphatic carbocycles. The van der Waals surface area contributed by atoms with E-state index < -0.39 is 23.5 Å². The Hall–Kier alpha value is -3.03. The maximum Gasteiger partial charge on any atom is 0.294 e. The summed E-state index contributed by atoms with van der Waals surface area (Å²) in [6, 6.07) is 2.65. The second-order valence-corrected chi connectivity index (χ2v) is 10.1. The first kappa shape index (κ1) is 21.8. The van der Waals surface area contributed by atoms with Crippen LogP contribution in [0.3, 0.4) is 0 Å². The Labute approximate surface area is 192 Å². The minimum Gasteiger partial charge on any atom is -0.346 e. The highest BCUT2D eigenvalue weighted by Crippen LogP contribution is 2.53. The van der Waals surface area contributed by atoms with Gasteiger partial charge >= 0.3 is 0 Å². The molecule has 2 aromatic rings. The summed E-state index contributed by atoms with van der Waals surface area (Å²) in [5, 5.41) is 5.75. The van der Waals surface area contributed by atoms with Crippen molar-refractivity contribution >= 4 is 23.3 Å². The molecule has 174 valence electrons. The Balaban J connectivity index is 1.34. The standard InChI is InChI=1S/C25H29FN4O3/c1-12-20(24(32)28-18-4-5-19(26)27-11-18)13(2)30(3)22(12)23(31)25(33)29-21-16-7-14-6-15(9-16)10-17(21)8-14/h4-5,11,14-17,21H,6-10H2,1-3H3,(H,28,32)(H,29,33). The molecule has 8 heteroatoms. The molecule has 0 saturated heterocycles. The number of carbonyl (C=O) groups is 3. The average molecular weight is 453 g/mol. The van der Waals surface area contributed by atoms with Gasteiger partial charge < -0.3 is 15.2 Å². The van der Waals surface area contributed by atoms with Crippen LogP contribution in [0.4, 0.5) is 10.1 Å². The molecular formula is C25H29FN4O3. The molecule has 4 fully saturated rings. The molecule has 6 rings (SSSR count). The Morgan fingerprint density at radius 3 is 2.24 bits per heavy atom. The number of anilines is 1. The highest BCUT2D eigenvalue weighted by atomic mass is 19.1. The molecule has 2 N–H and O–H groups in total. The van der Waals surface area contributed by atoms with Crippen molar-refractivity contribution in [2.75, 3.05) is 5.32 Å². The molecule has 2 amide bonds. The van der Waals surface area contributed by atoms with E-state index in [0.29, 0.717) is 34.3 Å². The van der Waals surface area contributed by atoms with Crippen LogP contribution in [0.25, 0.3) is 0 Å². The van der Waals surface area contributed by atoms with E-state index in [1.165, 1.54) is 18.7 Å². The summed E-state index contributed by atoms with van der Waals surface area (Å²) in [5.41, 5.74) is 1.92. The zero-order chi connectivity index (χ0) is 23.4. The van der Waals surface area contributed by atoms with Crippen molar-refractivity contribution in [1.29, 1.82) is 0 Å². The molecule has 0 atom stereocenters. The maximum atomic E-state index is 13.2. The van der Waals surface area contributed by atoms with Crippen LogP contribution in [0.1, 0.15) is 64.2 Å². The van der Waals surface area contributed by atoms with Crippen LogP contribution in [-0.2, 0) is 11.8 Å². The number of Topliss-reactive ketones (excluding diaryl/α,β-unsaturated/α-hetero) is 1. The first-order valence-corrected chi connectivity index (χ1v) is 11.7. The first-order chi connectivity index (χ1) is 15.7. The molecule has 0 aliphatic heterocycles. The van der Waals surface area contributed by atoms with E-state index in [2.05, 4.69) is 15.6 Å². The van der Waals surface area contributed by atoms with Gasteiger partial charge in [0.2, 0.25) is 5.95 Å². The number of hydrogen-bond donors (Lipinski definition) is 2. The minimum atomic E-state index is -0.641. The lowest BCUT2D eigenvalue weighted by atomic mass is 9.54. The van der Waals surface area contributed by atoms with Gasteiger partial charge in [0.15, 0.2) is 0 Å². The predicted molar refractivity (Wildman–Crippen MR) is 120 cm³/mol. The monoisotopic (exact) mass is 452 g/mol. The third kappa shape index (κ3) is 3.75. The van der Waals surface area contributed by atoms with Gasteiger partial charge in [0.25, 0.3) is 17.6 Å². The molecule has 0 radical (unpaired) electrons. The summed E-state index contributed by atoms with van der Waals surface area (Å²) in [7, 11) is 1.68. The van der Waals surface area contributed by atoms with Gasteiger partial charge in [-0.25, -0.2) is 4.98 Å². The summed E-state index contributed by atoms with van der Waals surface area (Å²) >= 11 is 0. The van der Waals surface area contributed by atoms with Gasteiger partial charge in [-0.3, -0.25) is 14.4 Å². The number of ketones is 1. The first-order valence-electron chi connectivity index (χ1n) is 11.7. The third-order valence-electron chi connectivity index (χ3n) is 8.09. The number of hydrogen-bond acceptors (Lipinski definition) is 4. The van der Waals surface area contributed by atoms with Crippen molar-refractivity contribution in [2.45, 2.75) is 52.0 Å². The number of aromatic nitrogens is 2. The molecule has 0 spiro atoms. The molecular weight excluding hydrogens is 423 g/mol. The number of nitrogens with one attached hydrogen (secondary N) is 2. The quantitative estimate of drug-likeness (QED) is 0.412. The normalized spacial score (nSPS) is 27.5. The zero-order valence-electron chi connectivity index (χ0n) is 19.2. The van der Waals surface area contributed by atoms with Crippen molar-refractivity contribution in [3.63, 3.8) is 0 Å². The van der Waals surface area contributed by atoms with Gasteiger partial charge in [-0.2, -0.15) is 4.39 Å². The maximum absolute atomic E-state index is 13.2. The van der Waals surface area contributed by atoms with Crippen LogP contribution >= 0.6 is 0 Å². The Bertz CT molecular complexity index is 1110. The highest BCUT2D eigenvalue weighted by molar-refractivity contribution is 6.43. The van der Waals surface area contributed by atoms with E-state index >= 15 is 0 Å². The lowest BCUT2D eigenvalue weighted by molar-refractivity contribution is -0.120. The van der Waals surface area contributed by atoms with E-state index in [1.807, 2.05) is 0 Å². The third-order valence-corrected chi connectivity index (χ3v) is 8.09. The second kappa shape index (κ2) is 8.08. The highest BCUT2D eigenvalue weighted by Gasteiger charge is 2.49. The molecule has 4 bridgehead atoms. The number of nitrogens with zero attached hydrogens (tertiary/aromatic N) is 2. The summed E-state index contributed by atoms with van der Waals surface area (Å²) < 4.78 is 14.7. The van der Waals surface area contributed by atoms with E-state index in [-0.39, 0.29) is 11.7 Å². The van der Waals surface area contributed by atoms with Gasteiger partial charge in [0.05, 0.1) is 23.1 Å². The van der Waals surface area contributed by atoms with E-state index in [4.69, 9.17) is 0 Å². The van der Waals surface area contributed by atoms with Crippen molar-refractivity contribution < 1.29 is 18.8 Å². The number of carbonyl (C=O) groups excluding carboxylic acids is 3. The van der Waals surface area contributed by atoms with Gasteiger partial charge in [-0.15, -0.1) is 0 Å². The lowest BCUT2D eigenvalue weighted by Crippen LogP contribution is -2.56. The van der Waals surface area contributed by atoms with E-state index in [0.717, 1.165) is 43.6 Å². The van der Waals surface area contributed by atoms with Gasteiger partial charge in [0, 0.05) is 18.8 Å². The fourth-order valence-electron chi connectivity index (χ4n) is 6.76. The van der Waals surface area contributed by atoms with Gasteiger partial charge in [0.1, 0.15) is 0 Å². The van der Waals surface area contributed by atoms with Crippen LogP contribution < -0.4 is 10.6 Å². The van der Waals surface area contributed by atoms with Crippen molar-refractivity contribution in [2.24, 2.45) is 30.7 Å². The summed E-state index contributed by atoms with van der Waals surface area (Å²) in [4.78, 5) is 42.7. The van der Waals surface area contributed by atoms with Gasteiger partial charge in [-0.1, -0.05) is 0 Å². The van der Waals surface area contributed by atoms with Gasteiger partial charge in [-0.05, 0) is 87.3 Å².